The van der Waals surface area contributed by atoms with Crippen molar-refractivity contribution in [3.63, 3.8) is 0 Å². The second kappa shape index (κ2) is 11.6. The van der Waals surface area contributed by atoms with Crippen molar-refractivity contribution in [2.75, 3.05) is 19.6 Å². The highest BCUT2D eigenvalue weighted by atomic mass is 127. The number of guanidine groups is 1. The van der Waals surface area contributed by atoms with Crippen LogP contribution in [-0.2, 0) is 12.8 Å². The van der Waals surface area contributed by atoms with E-state index >= 15 is 0 Å². The lowest BCUT2D eigenvalue weighted by Crippen LogP contribution is -2.38. The zero-order valence-corrected chi connectivity index (χ0v) is 18.2. The van der Waals surface area contributed by atoms with Crippen molar-refractivity contribution in [1.82, 2.24) is 15.6 Å². The lowest BCUT2D eigenvalue weighted by molar-refractivity contribution is 0.627. The Kier molecular flexibility index (Phi) is 10.3. The van der Waals surface area contributed by atoms with E-state index in [1.165, 1.54) is 12.1 Å². The molecule has 0 aliphatic carbocycles. The smallest absolute Gasteiger partial charge is 0.191 e. The third kappa shape index (κ3) is 7.87. The molecule has 2 rings (SSSR count). The molecular formula is C17H23ClFIN4S. The molecule has 0 amide bonds. The maximum Gasteiger partial charge on any atom is 0.191 e. The highest BCUT2D eigenvalue weighted by Gasteiger charge is 2.03. The van der Waals surface area contributed by atoms with Crippen LogP contribution in [0.3, 0.4) is 0 Å². The van der Waals surface area contributed by atoms with E-state index in [9.17, 15) is 4.39 Å². The Balaban J connectivity index is 0.00000312. The molecule has 0 bridgehead atoms. The number of aliphatic imine (C=N–C) groups is 1. The van der Waals surface area contributed by atoms with Crippen molar-refractivity contribution in [1.29, 1.82) is 0 Å². The zero-order valence-electron chi connectivity index (χ0n) is 14.3. The van der Waals surface area contributed by atoms with Crippen molar-refractivity contribution < 1.29 is 4.39 Å². The molecular weight excluding hydrogens is 474 g/mol. The van der Waals surface area contributed by atoms with Crippen molar-refractivity contribution in [2.24, 2.45) is 4.99 Å². The summed E-state index contributed by atoms with van der Waals surface area (Å²) in [5.74, 6) is 0.451. The van der Waals surface area contributed by atoms with Gasteiger partial charge in [-0.1, -0.05) is 17.7 Å². The molecule has 0 unspecified atom stereocenters. The van der Waals surface area contributed by atoms with E-state index < -0.39 is 0 Å². The van der Waals surface area contributed by atoms with Crippen LogP contribution in [0.1, 0.15) is 23.2 Å². The number of aromatic nitrogens is 1. The molecule has 0 radical (unpaired) electrons. The minimum atomic E-state index is -0.316. The number of rotatable bonds is 7. The van der Waals surface area contributed by atoms with Crippen LogP contribution < -0.4 is 10.6 Å². The summed E-state index contributed by atoms with van der Waals surface area (Å²) >= 11 is 7.70. The average molecular weight is 497 g/mol. The average Bonchev–Trinajstić information content (AvgIpc) is 2.95. The Morgan fingerprint density at radius 3 is 2.76 bits per heavy atom. The standard InChI is InChI=1S/C17H22ClFN4S.HI/c1-3-20-17(22-9-7-15-11-24-12(2)23-15)21-8-6-13-4-5-14(19)10-16(13)18;/h4-5,10-11H,3,6-9H2,1-2H3,(H2,20,21,22);1H. The first kappa shape index (κ1) is 22.1. The van der Waals surface area contributed by atoms with Gasteiger partial charge in [-0.25, -0.2) is 9.37 Å². The molecule has 0 aliphatic rings. The molecule has 8 heteroatoms. The van der Waals surface area contributed by atoms with Gasteiger partial charge >= 0.3 is 0 Å². The highest BCUT2D eigenvalue weighted by Crippen LogP contribution is 2.17. The van der Waals surface area contributed by atoms with Crippen molar-refractivity contribution in [3.05, 3.63) is 50.7 Å². The molecule has 0 spiro atoms. The molecule has 0 atom stereocenters. The SMILES string of the molecule is CCNC(=NCCc1csc(C)n1)NCCc1ccc(F)cc1Cl.I. The second-order valence-electron chi connectivity index (χ2n) is 5.28. The molecule has 1 aromatic heterocycles. The minimum absolute atomic E-state index is 0. The summed E-state index contributed by atoms with van der Waals surface area (Å²) in [6.07, 6.45) is 1.53. The molecule has 0 fully saturated rings. The number of thiazole rings is 1. The minimum Gasteiger partial charge on any atom is -0.357 e. The number of halogens is 3. The summed E-state index contributed by atoms with van der Waals surface area (Å²) in [4.78, 5) is 8.99. The maximum atomic E-state index is 13.0. The quantitative estimate of drug-likeness (QED) is 0.343. The van der Waals surface area contributed by atoms with Crippen molar-refractivity contribution in [2.45, 2.75) is 26.7 Å². The van der Waals surface area contributed by atoms with Crippen molar-refractivity contribution in [3.8, 4) is 0 Å². The van der Waals surface area contributed by atoms with Crippen LogP contribution >= 0.6 is 46.9 Å². The van der Waals surface area contributed by atoms with Crippen LogP contribution in [0.15, 0.2) is 28.6 Å². The summed E-state index contributed by atoms with van der Waals surface area (Å²) in [5.41, 5.74) is 1.99. The molecule has 0 saturated heterocycles. The molecule has 4 nitrogen and oxygen atoms in total. The molecule has 1 heterocycles. The van der Waals surface area contributed by atoms with Crippen LogP contribution in [-0.4, -0.2) is 30.6 Å². The molecule has 25 heavy (non-hydrogen) atoms. The van der Waals surface area contributed by atoms with Gasteiger partial charge in [-0.2, -0.15) is 0 Å². The van der Waals surface area contributed by atoms with Gasteiger partial charge in [0.1, 0.15) is 5.82 Å². The van der Waals surface area contributed by atoms with E-state index in [0.717, 1.165) is 35.2 Å². The predicted molar refractivity (Wildman–Crippen MR) is 115 cm³/mol. The van der Waals surface area contributed by atoms with E-state index in [4.69, 9.17) is 11.6 Å². The first-order chi connectivity index (χ1) is 11.6. The predicted octanol–water partition coefficient (Wildman–Crippen LogP) is 4.20. The summed E-state index contributed by atoms with van der Waals surface area (Å²) in [7, 11) is 0. The third-order valence-electron chi connectivity index (χ3n) is 3.35. The lowest BCUT2D eigenvalue weighted by Gasteiger charge is -2.11. The summed E-state index contributed by atoms with van der Waals surface area (Å²) < 4.78 is 13.0. The molecule has 2 aromatic rings. The number of nitrogens with one attached hydrogen (secondary N) is 2. The van der Waals surface area contributed by atoms with Gasteiger partial charge < -0.3 is 10.6 Å². The topological polar surface area (TPSA) is 49.3 Å². The van der Waals surface area contributed by atoms with Gasteiger partial charge in [0.05, 0.1) is 10.7 Å². The fourth-order valence-corrected chi connectivity index (χ4v) is 3.10. The zero-order chi connectivity index (χ0) is 17.4. The van der Waals surface area contributed by atoms with E-state index in [1.54, 1.807) is 17.4 Å². The summed E-state index contributed by atoms with van der Waals surface area (Å²) in [6.45, 7) is 6.17. The van der Waals surface area contributed by atoms with Crippen LogP contribution in [0.5, 0.6) is 0 Å². The second-order valence-corrected chi connectivity index (χ2v) is 6.75. The van der Waals surface area contributed by atoms with Crippen LogP contribution in [0.25, 0.3) is 0 Å². The van der Waals surface area contributed by atoms with Crippen LogP contribution in [0, 0.1) is 12.7 Å². The molecule has 0 saturated carbocycles. The Morgan fingerprint density at radius 1 is 1.32 bits per heavy atom. The summed E-state index contributed by atoms with van der Waals surface area (Å²) in [6, 6.07) is 4.48. The first-order valence-electron chi connectivity index (χ1n) is 7.95. The third-order valence-corrected chi connectivity index (χ3v) is 4.52. The van der Waals surface area contributed by atoms with Gasteiger partial charge in [0.2, 0.25) is 0 Å². The van der Waals surface area contributed by atoms with Gasteiger partial charge in [0.25, 0.3) is 0 Å². The molecule has 1 aromatic carbocycles. The van der Waals surface area contributed by atoms with Gasteiger partial charge in [-0.3, -0.25) is 4.99 Å². The molecule has 2 N–H and O–H groups in total. The fourth-order valence-electron chi connectivity index (χ4n) is 2.19. The largest absolute Gasteiger partial charge is 0.357 e. The van der Waals surface area contributed by atoms with Gasteiger partial charge in [-0.15, -0.1) is 35.3 Å². The van der Waals surface area contributed by atoms with Crippen LogP contribution in [0.4, 0.5) is 4.39 Å². The molecule has 138 valence electrons. The Hall–Kier alpha value is -0.930. The monoisotopic (exact) mass is 496 g/mol. The summed E-state index contributed by atoms with van der Waals surface area (Å²) in [5, 5.41) is 10.1. The molecule has 0 aliphatic heterocycles. The Labute approximate surface area is 174 Å². The number of hydrogen-bond acceptors (Lipinski definition) is 3. The first-order valence-corrected chi connectivity index (χ1v) is 9.21. The van der Waals surface area contributed by atoms with E-state index in [1.807, 2.05) is 13.8 Å². The van der Waals surface area contributed by atoms with Crippen molar-refractivity contribution >= 4 is 52.9 Å². The van der Waals surface area contributed by atoms with Gasteiger partial charge in [0, 0.05) is 36.5 Å². The highest BCUT2D eigenvalue weighted by molar-refractivity contribution is 14.0. The number of aryl methyl sites for hydroxylation is 1. The Morgan fingerprint density at radius 2 is 2.12 bits per heavy atom. The normalized spacial score (nSPS) is 11.1. The maximum absolute atomic E-state index is 13.0. The number of nitrogens with zero attached hydrogens (tertiary/aromatic N) is 2. The van der Waals surface area contributed by atoms with Crippen LogP contribution in [0.2, 0.25) is 5.02 Å². The lowest BCUT2D eigenvalue weighted by atomic mass is 10.1. The van der Waals surface area contributed by atoms with E-state index in [0.29, 0.717) is 24.5 Å². The number of benzene rings is 1. The van der Waals surface area contributed by atoms with Gasteiger partial charge in [-0.05, 0) is 38.0 Å². The van der Waals surface area contributed by atoms with E-state index in [-0.39, 0.29) is 29.8 Å². The number of hydrogen-bond donors (Lipinski definition) is 2. The Bertz CT molecular complexity index is 693. The van der Waals surface area contributed by atoms with Gasteiger partial charge in [0.15, 0.2) is 5.96 Å². The van der Waals surface area contributed by atoms with E-state index in [2.05, 4.69) is 26.0 Å². The fraction of sp³-hybridized carbons (Fsp3) is 0.412.